The maximum atomic E-state index is 12.4. The summed E-state index contributed by atoms with van der Waals surface area (Å²) in [6, 6.07) is 5.48. The van der Waals surface area contributed by atoms with E-state index in [2.05, 4.69) is 17.6 Å². The van der Waals surface area contributed by atoms with E-state index in [1.54, 1.807) is 0 Å². The Hall–Kier alpha value is -1.23. The topological polar surface area (TPSA) is 24.1 Å². The van der Waals surface area contributed by atoms with E-state index in [-0.39, 0.29) is 6.04 Å². The third-order valence-electron chi connectivity index (χ3n) is 3.65. The van der Waals surface area contributed by atoms with Crippen molar-refractivity contribution in [2.24, 2.45) is 5.92 Å². The molecule has 0 bridgehead atoms. The number of anilines is 1. The number of benzene rings is 1. The van der Waals surface area contributed by atoms with Crippen molar-refractivity contribution in [1.82, 2.24) is 5.32 Å². The molecular weight excluding hydrogens is 253 g/mol. The minimum atomic E-state index is -4.27. The summed E-state index contributed by atoms with van der Waals surface area (Å²) in [7, 11) is 0. The number of hydrogen-bond donors (Lipinski definition) is 2. The molecule has 2 N–H and O–H groups in total. The second-order valence-electron chi connectivity index (χ2n) is 5.11. The van der Waals surface area contributed by atoms with Gasteiger partial charge in [-0.1, -0.05) is 0 Å². The summed E-state index contributed by atoms with van der Waals surface area (Å²) < 4.78 is 37.3. The minimum absolute atomic E-state index is 0.254. The lowest BCUT2D eigenvalue weighted by molar-refractivity contribution is -0.137. The molecule has 0 spiro atoms. The Bertz CT molecular complexity index is 394. The van der Waals surface area contributed by atoms with Crippen LogP contribution in [0.2, 0.25) is 0 Å². The zero-order valence-electron chi connectivity index (χ0n) is 10.9. The molecule has 0 saturated carbocycles. The molecule has 106 valence electrons. The Labute approximate surface area is 111 Å². The van der Waals surface area contributed by atoms with Gasteiger partial charge in [0.25, 0.3) is 0 Å². The lowest BCUT2D eigenvalue weighted by Gasteiger charge is -2.29. The zero-order valence-corrected chi connectivity index (χ0v) is 10.9. The number of rotatable bonds is 3. The minimum Gasteiger partial charge on any atom is -0.382 e. The summed E-state index contributed by atoms with van der Waals surface area (Å²) in [4.78, 5) is 0. The van der Waals surface area contributed by atoms with Gasteiger partial charge in [-0.05, 0) is 63.0 Å². The fourth-order valence-corrected chi connectivity index (χ4v) is 2.44. The van der Waals surface area contributed by atoms with Crippen LogP contribution in [0.5, 0.6) is 0 Å². The Morgan fingerprint density at radius 3 is 2.47 bits per heavy atom. The Kier molecular flexibility index (Phi) is 4.34. The molecule has 2 nitrogen and oxygen atoms in total. The molecule has 0 amide bonds. The first-order valence-electron chi connectivity index (χ1n) is 6.61. The van der Waals surface area contributed by atoms with Gasteiger partial charge >= 0.3 is 6.18 Å². The number of halogens is 3. The highest BCUT2D eigenvalue weighted by molar-refractivity contribution is 5.46. The largest absolute Gasteiger partial charge is 0.416 e. The van der Waals surface area contributed by atoms with Crippen LogP contribution in [0.25, 0.3) is 0 Å². The average Bonchev–Trinajstić information content (AvgIpc) is 2.39. The number of hydrogen-bond acceptors (Lipinski definition) is 2. The van der Waals surface area contributed by atoms with Gasteiger partial charge in [0.05, 0.1) is 5.56 Å². The van der Waals surface area contributed by atoms with Crippen molar-refractivity contribution < 1.29 is 13.2 Å². The molecule has 0 aliphatic carbocycles. The van der Waals surface area contributed by atoms with Crippen LogP contribution in [0, 0.1) is 5.92 Å². The van der Waals surface area contributed by atoms with Gasteiger partial charge in [0, 0.05) is 11.7 Å². The van der Waals surface area contributed by atoms with E-state index in [1.807, 2.05) is 0 Å². The highest BCUT2D eigenvalue weighted by atomic mass is 19.4. The lowest BCUT2D eigenvalue weighted by atomic mass is 9.92. The zero-order chi connectivity index (χ0) is 13.9. The second-order valence-corrected chi connectivity index (χ2v) is 5.11. The summed E-state index contributed by atoms with van der Waals surface area (Å²) in [5.41, 5.74) is 0.135. The predicted molar refractivity (Wildman–Crippen MR) is 70.1 cm³/mol. The highest BCUT2D eigenvalue weighted by Crippen LogP contribution is 2.30. The molecule has 0 aromatic heterocycles. The standard InChI is InChI=1S/C14H19F3N2/c1-10(11-3-2-8-18-9-11)19-13-6-4-12(5-7-13)14(15,16)17/h4-7,10-11,18-19H,2-3,8-9H2,1H3. The Morgan fingerprint density at radius 2 is 1.95 bits per heavy atom. The summed E-state index contributed by atoms with van der Waals surface area (Å²) in [5.74, 6) is 0.524. The third-order valence-corrected chi connectivity index (χ3v) is 3.65. The van der Waals surface area contributed by atoms with Crippen LogP contribution in [-0.4, -0.2) is 19.1 Å². The number of alkyl halides is 3. The molecule has 1 heterocycles. The van der Waals surface area contributed by atoms with E-state index in [1.165, 1.54) is 12.1 Å². The highest BCUT2D eigenvalue weighted by Gasteiger charge is 2.30. The first kappa shape index (κ1) is 14.2. The van der Waals surface area contributed by atoms with Crippen molar-refractivity contribution in [3.8, 4) is 0 Å². The first-order valence-corrected chi connectivity index (χ1v) is 6.61. The quantitative estimate of drug-likeness (QED) is 0.880. The maximum Gasteiger partial charge on any atom is 0.416 e. The average molecular weight is 272 g/mol. The normalized spacial score (nSPS) is 22.0. The van der Waals surface area contributed by atoms with Crippen molar-refractivity contribution in [3.63, 3.8) is 0 Å². The molecular formula is C14H19F3N2. The van der Waals surface area contributed by atoms with Crippen LogP contribution in [0.4, 0.5) is 18.9 Å². The van der Waals surface area contributed by atoms with E-state index in [4.69, 9.17) is 0 Å². The van der Waals surface area contributed by atoms with Gasteiger partial charge in [-0.3, -0.25) is 0 Å². The number of piperidine rings is 1. The van der Waals surface area contributed by atoms with Crippen molar-refractivity contribution >= 4 is 5.69 Å². The van der Waals surface area contributed by atoms with Gasteiger partial charge < -0.3 is 10.6 Å². The van der Waals surface area contributed by atoms with Crippen LogP contribution >= 0.6 is 0 Å². The summed E-state index contributed by atoms with van der Waals surface area (Å²) in [6.07, 6.45) is -1.96. The SMILES string of the molecule is CC(Nc1ccc(C(F)(F)F)cc1)C1CCCNC1. The van der Waals surface area contributed by atoms with Crippen LogP contribution in [0.15, 0.2) is 24.3 Å². The first-order chi connectivity index (χ1) is 8.97. The van der Waals surface area contributed by atoms with Crippen molar-refractivity contribution in [2.75, 3.05) is 18.4 Å². The number of nitrogens with one attached hydrogen (secondary N) is 2. The smallest absolute Gasteiger partial charge is 0.382 e. The molecule has 5 heteroatoms. The third kappa shape index (κ3) is 3.86. The second kappa shape index (κ2) is 5.82. The van der Waals surface area contributed by atoms with Crippen LogP contribution in [0.3, 0.4) is 0 Å². The van der Waals surface area contributed by atoms with Gasteiger partial charge in [0.2, 0.25) is 0 Å². The van der Waals surface area contributed by atoms with Crippen molar-refractivity contribution in [3.05, 3.63) is 29.8 Å². The predicted octanol–water partition coefficient (Wildman–Crippen LogP) is 3.51. The Morgan fingerprint density at radius 1 is 1.26 bits per heavy atom. The van der Waals surface area contributed by atoms with Gasteiger partial charge in [0.15, 0.2) is 0 Å². The van der Waals surface area contributed by atoms with E-state index in [0.717, 1.165) is 43.8 Å². The molecule has 19 heavy (non-hydrogen) atoms. The van der Waals surface area contributed by atoms with Gasteiger partial charge in [-0.2, -0.15) is 13.2 Å². The van der Waals surface area contributed by atoms with Gasteiger partial charge in [0.1, 0.15) is 0 Å². The van der Waals surface area contributed by atoms with Crippen molar-refractivity contribution in [1.29, 1.82) is 0 Å². The van der Waals surface area contributed by atoms with Gasteiger partial charge in [-0.25, -0.2) is 0 Å². The molecule has 1 aromatic carbocycles. The maximum absolute atomic E-state index is 12.4. The van der Waals surface area contributed by atoms with E-state index >= 15 is 0 Å². The van der Waals surface area contributed by atoms with Gasteiger partial charge in [-0.15, -0.1) is 0 Å². The molecule has 1 fully saturated rings. The van der Waals surface area contributed by atoms with Crippen molar-refractivity contribution in [2.45, 2.75) is 32.0 Å². The molecule has 1 aromatic rings. The van der Waals surface area contributed by atoms with E-state index in [9.17, 15) is 13.2 Å². The summed E-state index contributed by atoms with van der Waals surface area (Å²) in [6.45, 7) is 4.10. The fourth-order valence-electron chi connectivity index (χ4n) is 2.44. The van der Waals surface area contributed by atoms with E-state index < -0.39 is 11.7 Å². The lowest BCUT2D eigenvalue weighted by Crippen LogP contribution is -2.38. The van der Waals surface area contributed by atoms with Crippen LogP contribution in [-0.2, 0) is 6.18 Å². The molecule has 1 aliphatic heterocycles. The molecule has 1 saturated heterocycles. The monoisotopic (exact) mass is 272 g/mol. The summed E-state index contributed by atoms with van der Waals surface area (Å²) in [5, 5.41) is 6.62. The van der Waals surface area contributed by atoms with E-state index in [0.29, 0.717) is 5.92 Å². The van der Waals surface area contributed by atoms with Crippen LogP contribution in [0.1, 0.15) is 25.3 Å². The molecule has 0 radical (unpaired) electrons. The Balaban J connectivity index is 1.95. The molecule has 1 aliphatic rings. The van der Waals surface area contributed by atoms with Crippen LogP contribution < -0.4 is 10.6 Å². The molecule has 2 rings (SSSR count). The molecule has 2 unspecified atom stereocenters. The molecule has 2 atom stereocenters. The fraction of sp³-hybridized carbons (Fsp3) is 0.571. The summed E-state index contributed by atoms with van der Waals surface area (Å²) >= 11 is 0.